The molecule has 0 radical (unpaired) electrons. The quantitative estimate of drug-likeness (QED) is 0.496. The lowest BCUT2D eigenvalue weighted by Gasteiger charge is -2.32. The number of nitrogens with zero attached hydrogens (tertiary/aromatic N) is 3. The van der Waals surface area contributed by atoms with E-state index in [0.717, 1.165) is 53.1 Å². The molecule has 1 aromatic carbocycles. The number of pyridine rings is 1. The molecule has 32 heavy (non-hydrogen) atoms. The van der Waals surface area contributed by atoms with Gasteiger partial charge >= 0.3 is 0 Å². The number of rotatable bonds is 2. The number of piperidine rings is 1. The third-order valence-electron chi connectivity index (χ3n) is 6.81. The van der Waals surface area contributed by atoms with Gasteiger partial charge in [0, 0.05) is 35.5 Å². The predicted octanol–water partition coefficient (Wildman–Crippen LogP) is 4.43. The van der Waals surface area contributed by atoms with Gasteiger partial charge in [-0.05, 0) is 55.5 Å². The summed E-state index contributed by atoms with van der Waals surface area (Å²) in [4.78, 5) is 42.8. The summed E-state index contributed by atoms with van der Waals surface area (Å²) in [5.74, 6) is 0.685. The number of fused-ring (bicyclic) bond motifs is 4. The molecule has 1 aliphatic heterocycles. The number of amides is 1. The highest BCUT2D eigenvalue weighted by Crippen LogP contribution is 2.35. The number of likely N-dealkylation sites (tertiary alicyclic amines) is 1. The third kappa shape index (κ3) is 3.23. The second-order valence-electron chi connectivity index (χ2n) is 8.81. The molecular formula is C25H24N4O2S. The average molecular weight is 445 g/mol. The van der Waals surface area contributed by atoms with Gasteiger partial charge in [0.05, 0.1) is 5.39 Å². The Morgan fingerprint density at radius 2 is 2.00 bits per heavy atom. The van der Waals surface area contributed by atoms with Crippen molar-refractivity contribution < 1.29 is 4.79 Å². The SMILES string of the molecule is O=C(c1nccc2ccccc12)N1CCC[C@@H](c2nc3sc4c(c3c(=O)[nH]2)CCCC4)C1. The minimum Gasteiger partial charge on any atom is -0.337 e. The summed E-state index contributed by atoms with van der Waals surface area (Å²) in [6.45, 7) is 1.24. The fourth-order valence-corrected chi connectivity index (χ4v) is 6.47. The van der Waals surface area contributed by atoms with E-state index in [2.05, 4.69) is 9.97 Å². The second-order valence-corrected chi connectivity index (χ2v) is 9.90. The van der Waals surface area contributed by atoms with Crippen LogP contribution >= 0.6 is 11.3 Å². The number of benzene rings is 1. The smallest absolute Gasteiger partial charge is 0.273 e. The van der Waals surface area contributed by atoms with E-state index in [-0.39, 0.29) is 17.4 Å². The van der Waals surface area contributed by atoms with Crippen LogP contribution in [0.15, 0.2) is 41.3 Å². The van der Waals surface area contributed by atoms with E-state index in [9.17, 15) is 9.59 Å². The fraction of sp³-hybridized carbons (Fsp3) is 0.360. The van der Waals surface area contributed by atoms with Gasteiger partial charge in [0.25, 0.3) is 11.5 Å². The Labute approximate surface area is 189 Å². The molecule has 1 saturated heterocycles. The molecule has 162 valence electrons. The first kappa shape index (κ1) is 19.6. The van der Waals surface area contributed by atoms with Gasteiger partial charge in [0.2, 0.25) is 0 Å². The number of aryl methyl sites for hydroxylation is 2. The first-order chi connectivity index (χ1) is 15.7. The first-order valence-corrected chi connectivity index (χ1v) is 12.2. The van der Waals surface area contributed by atoms with Gasteiger partial charge in [0.15, 0.2) is 0 Å². The summed E-state index contributed by atoms with van der Waals surface area (Å²) in [5.41, 5.74) is 1.68. The lowest BCUT2D eigenvalue weighted by atomic mass is 9.95. The Hall–Kier alpha value is -3.06. The Morgan fingerprint density at radius 3 is 2.94 bits per heavy atom. The number of hydrogen-bond donors (Lipinski definition) is 1. The van der Waals surface area contributed by atoms with Crippen molar-refractivity contribution in [2.75, 3.05) is 13.1 Å². The molecule has 2 aliphatic rings. The predicted molar refractivity (Wildman–Crippen MR) is 127 cm³/mol. The zero-order valence-corrected chi connectivity index (χ0v) is 18.6. The topological polar surface area (TPSA) is 79.0 Å². The van der Waals surface area contributed by atoms with Gasteiger partial charge in [-0.1, -0.05) is 24.3 Å². The van der Waals surface area contributed by atoms with Crippen LogP contribution in [0.5, 0.6) is 0 Å². The highest BCUT2D eigenvalue weighted by atomic mass is 32.1. The monoisotopic (exact) mass is 444 g/mol. The number of aromatic nitrogens is 3. The van der Waals surface area contributed by atoms with Gasteiger partial charge in [-0.25, -0.2) is 4.98 Å². The maximum atomic E-state index is 13.4. The molecule has 6 nitrogen and oxygen atoms in total. The number of aromatic amines is 1. The second kappa shape index (κ2) is 7.81. The minimum absolute atomic E-state index is 0.0245. The number of hydrogen-bond acceptors (Lipinski definition) is 5. The molecule has 7 heteroatoms. The summed E-state index contributed by atoms with van der Waals surface area (Å²) in [6.07, 6.45) is 7.84. The van der Waals surface area contributed by atoms with E-state index >= 15 is 0 Å². The molecule has 4 aromatic rings. The summed E-state index contributed by atoms with van der Waals surface area (Å²) in [5, 5.41) is 2.67. The molecule has 1 aliphatic carbocycles. The normalized spacial score (nSPS) is 18.8. The Kier molecular flexibility index (Phi) is 4.79. The lowest BCUT2D eigenvalue weighted by molar-refractivity contribution is 0.0701. The fourth-order valence-electron chi connectivity index (χ4n) is 5.20. The molecule has 1 N–H and O–H groups in total. The molecule has 1 atom stereocenters. The van der Waals surface area contributed by atoms with Crippen molar-refractivity contribution in [1.29, 1.82) is 0 Å². The minimum atomic E-state index is -0.0542. The van der Waals surface area contributed by atoms with Crippen molar-refractivity contribution in [1.82, 2.24) is 19.9 Å². The summed E-state index contributed by atoms with van der Waals surface area (Å²) < 4.78 is 0. The van der Waals surface area contributed by atoms with Crippen LogP contribution in [-0.4, -0.2) is 38.8 Å². The zero-order chi connectivity index (χ0) is 21.7. The van der Waals surface area contributed by atoms with E-state index in [1.54, 1.807) is 17.5 Å². The van der Waals surface area contributed by atoms with Gasteiger partial charge in [-0.3, -0.25) is 14.6 Å². The van der Waals surface area contributed by atoms with Crippen molar-refractivity contribution in [3.63, 3.8) is 0 Å². The van der Waals surface area contributed by atoms with Crippen molar-refractivity contribution in [3.05, 3.63) is 68.8 Å². The number of nitrogens with one attached hydrogen (secondary N) is 1. The molecule has 1 amide bonds. The largest absolute Gasteiger partial charge is 0.337 e. The standard InChI is InChI=1S/C25H24N4O2S/c30-23-20-18-9-3-4-10-19(18)32-24(20)28-22(27-23)16-7-5-13-29(14-16)25(31)21-17-8-2-1-6-15(17)11-12-26-21/h1-2,6,8,11-12,16H,3-5,7,9-10,13-14H2,(H,27,28,30)/t16-/m1/s1. The lowest BCUT2D eigenvalue weighted by Crippen LogP contribution is -2.40. The van der Waals surface area contributed by atoms with E-state index in [4.69, 9.17) is 4.98 Å². The Balaban J connectivity index is 1.32. The number of thiophene rings is 1. The van der Waals surface area contributed by atoms with Crippen molar-refractivity contribution in [3.8, 4) is 0 Å². The van der Waals surface area contributed by atoms with Crippen LogP contribution in [0.25, 0.3) is 21.0 Å². The Bertz CT molecular complexity index is 1400. The van der Waals surface area contributed by atoms with E-state index in [1.165, 1.54) is 16.9 Å². The molecule has 0 spiro atoms. The van der Waals surface area contributed by atoms with Crippen LogP contribution in [0.3, 0.4) is 0 Å². The molecular weight excluding hydrogens is 420 g/mol. The average Bonchev–Trinajstić information content (AvgIpc) is 3.22. The van der Waals surface area contributed by atoms with Gasteiger partial charge in [-0.2, -0.15) is 0 Å². The van der Waals surface area contributed by atoms with Crippen LogP contribution in [0, 0.1) is 0 Å². The molecule has 4 heterocycles. The van der Waals surface area contributed by atoms with Gasteiger partial charge in [-0.15, -0.1) is 11.3 Å². The first-order valence-electron chi connectivity index (χ1n) is 11.4. The molecule has 0 unspecified atom stereocenters. The van der Waals surface area contributed by atoms with E-state index in [0.29, 0.717) is 24.6 Å². The van der Waals surface area contributed by atoms with Crippen LogP contribution in [-0.2, 0) is 12.8 Å². The summed E-state index contributed by atoms with van der Waals surface area (Å²) in [7, 11) is 0. The molecule has 0 saturated carbocycles. The maximum absolute atomic E-state index is 13.4. The zero-order valence-electron chi connectivity index (χ0n) is 17.8. The van der Waals surface area contributed by atoms with E-state index in [1.807, 2.05) is 35.2 Å². The third-order valence-corrected chi connectivity index (χ3v) is 8.00. The number of carbonyl (C=O) groups excluding carboxylic acids is 1. The highest BCUT2D eigenvalue weighted by Gasteiger charge is 2.29. The molecule has 1 fully saturated rings. The van der Waals surface area contributed by atoms with Crippen LogP contribution in [0.1, 0.15) is 58.4 Å². The van der Waals surface area contributed by atoms with Crippen molar-refractivity contribution in [2.45, 2.75) is 44.4 Å². The van der Waals surface area contributed by atoms with Gasteiger partial charge < -0.3 is 9.88 Å². The highest BCUT2D eigenvalue weighted by molar-refractivity contribution is 7.18. The molecule has 0 bridgehead atoms. The van der Waals surface area contributed by atoms with Crippen LogP contribution in [0.2, 0.25) is 0 Å². The summed E-state index contributed by atoms with van der Waals surface area (Å²) >= 11 is 1.68. The van der Waals surface area contributed by atoms with Crippen molar-refractivity contribution in [2.24, 2.45) is 0 Å². The maximum Gasteiger partial charge on any atom is 0.273 e. The Morgan fingerprint density at radius 1 is 1.12 bits per heavy atom. The van der Waals surface area contributed by atoms with Gasteiger partial charge in [0.1, 0.15) is 16.3 Å². The number of carbonyl (C=O) groups is 1. The molecule has 6 rings (SSSR count). The summed E-state index contributed by atoms with van der Waals surface area (Å²) in [6, 6.07) is 9.77. The van der Waals surface area contributed by atoms with E-state index < -0.39 is 0 Å². The van der Waals surface area contributed by atoms with Crippen molar-refractivity contribution >= 4 is 38.2 Å². The molecule has 3 aromatic heterocycles. The number of H-pyrrole nitrogens is 1. The van der Waals surface area contributed by atoms with Crippen LogP contribution < -0.4 is 5.56 Å². The van der Waals surface area contributed by atoms with Crippen LogP contribution in [0.4, 0.5) is 0 Å².